The quantitative estimate of drug-likeness (QED) is 0.283. The van der Waals surface area contributed by atoms with Crippen LogP contribution in [0.3, 0.4) is 0 Å². The molecule has 6 unspecified atom stereocenters. The van der Waals surface area contributed by atoms with Crippen molar-refractivity contribution >= 4 is 11.9 Å². The van der Waals surface area contributed by atoms with Gasteiger partial charge in [-0.1, -0.05) is 26.0 Å². The molecule has 0 radical (unpaired) electrons. The molecule has 2 rings (SSSR count). The third-order valence-electron chi connectivity index (χ3n) is 5.34. The lowest BCUT2D eigenvalue weighted by molar-refractivity contribution is -0.277. The Kier molecular flexibility index (Phi) is 8.96. The van der Waals surface area contributed by atoms with Gasteiger partial charge in [-0.15, -0.1) is 0 Å². The lowest BCUT2D eigenvalue weighted by Gasteiger charge is -2.39. The minimum Gasteiger partial charge on any atom is -0.469 e. The first kappa shape index (κ1) is 26.0. The second-order valence-corrected chi connectivity index (χ2v) is 7.87. The zero-order valence-electron chi connectivity index (χ0n) is 18.1. The van der Waals surface area contributed by atoms with Gasteiger partial charge in [-0.05, 0) is 23.6 Å². The van der Waals surface area contributed by atoms with Crippen molar-refractivity contribution in [2.24, 2.45) is 5.92 Å². The van der Waals surface area contributed by atoms with Crippen molar-refractivity contribution in [1.29, 1.82) is 0 Å². The van der Waals surface area contributed by atoms with Gasteiger partial charge in [0.05, 0.1) is 20.1 Å². The van der Waals surface area contributed by atoms with Gasteiger partial charge in [0, 0.05) is 0 Å². The molecule has 1 aliphatic rings. The van der Waals surface area contributed by atoms with E-state index in [1.54, 1.807) is 26.0 Å². The summed E-state index contributed by atoms with van der Waals surface area (Å²) in [5, 5.41) is 49.5. The predicted molar refractivity (Wildman–Crippen MR) is 107 cm³/mol. The molecule has 5 N–H and O–H groups in total. The molecule has 1 heterocycles. The largest absolute Gasteiger partial charge is 0.469 e. The van der Waals surface area contributed by atoms with Crippen LogP contribution in [0.4, 0.5) is 0 Å². The van der Waals surface area contributed by atoms with Gasteiger partial charge in [-0.3, -0.25) is 4.79 Å². The number of aliphatic hydroxyl groups excluding tert-OH is 4. The van der Waals surface area contributed by atoms with Gasteiger partial charge in [0.15, 0.2) is 5.60 Å². The van der Waals surface area contributed by atoms with Crippen LogP contribution in [0.15, 0.2) is 24.3 Å². The lowest BCUT2D eigenvalue weighted by Crippen LogP contribution is -2.60. The molecule has 32 heavy (non-hydrogen) atoms. The van der Waals surface area contributed by atoms with E-state index in [4.69, 9.17) is 14.2 Å². The maximum Gasteiger partial charge on any atom is 0.339 e. The zero-order chi connectivity index (χ0) is 24.1. The third-order valence-corrected chi connectivity index (χ3v) is 5.34. The number of carbonyl (C=O) groups is 2. The second kappa shape index (κ2) is 11.0. The Balaban J connectivity index is 1.98. The molecule has 180 valence electrons. The molecule has 1 aromatic carbocycles. The molecule has 11 nitrogen and oxygen atoms in total. The summed E-state index contributed by atoms with van der Waals surface area (Å²) >= 11 is 0. The molecule has 1 saturated heterocycles. The summed E-state index contributed by atoms with van der Waals surface area (Å²) < 4.78 is 20.5. The van der Waals surface area contributed by atoms with Gasteiger partial charge in [-0.25, -0.2) is 4.79 Å². The standard InChI is InChI=1S/C21H30O11/c1-11(2)21(28,8-15(23)29-3)20(27)30-10-12-4-6-13(7-5-12)31-19-18(26)17(25)16(24)14(9-22)32-19/h4-7,11,14,16-19,22,24-26,28H,8-10H2,1-3H3. The van der Waals surface area contributed by atoms with Gasteiger partial charge in [0.25, 0.3) is 0 Å². The molecule has 1 fully saturated rings. The van der Waals surface area contributed by atoms with Crippen LogP contribution in [-0.4, -0.2) is 87.5 Å². The first-order valence-corrected chi connectivity index (χ1v) is 10.1. The van der Waals surface area contributed by atoms with Crippen molar-refractivity contribution in [3.8, 4) is 5.75 Å². The first-order valence-electron chi connectivity index (χ1n) is 10.1. The number of hydrogen-bond acceptors (Lipinski definition) is 11. The van der Waals surface area contributed by atoms with Gasteiger partial charge < -0.3 is 44.5 Å². The number of esters is 2. The summed E-state index contributed by atoms with van der Waals surface area (Å²) in [7, 11) is 1.15. The molecule has 6 atom stereocenters. The number of benzene rings is 1. The van der Waals surface area contributed by atoms with E-state index in [-0.39, 0.29) is 12.4 Å². The van der Waals surface area contributed by atoms with Crippen LogP contribution < -0.4 is 4.74 Å². The number of methoxy groups -OCH3 is 1. The summed E-state index contributed by atoms with van der Waals surface area (Å²) in [5.41, 5.74) is -1.48. The maximum absolute atomic E-state index is 12.4. The average Bonchev–Trinajstić information content (AvgIpc) is 2.78. The molecular weight excluding hydrogens is 428 g/mol. The van der Waals surface area contributed by atoms with E-state index in [2.05, 4.69) is 4.74 Å². The molecule has 0 spiro atoms. The van der Waals surface area contributed by atoms with Gasteiger partial charge in [0.1, 0.15) is 36.8 Å². The highest BCUT2D eigenvalue weighted by molar-refractivity contribution is 5.85. The number of carbonyl (C=O) groups excluding carboxylic acids is 2. The Hall–Kier alpha value is -2.28. The van der Waals surface area contributed by atoms with Crippen LogP contribution in [0.2, 0.25) is 0 Å². The Morgan fingerprint density at radius 2 is 1.72 bits per heavy atom. The monoisotopic (exact) mass is 458 g/mol. The molecule has 0 saturated carbocycles. The molecule has 0 aliphatic carbocycles. The fourth-order valence-corrected chi connectivity index (χ4v) is 3.04. The molecule has 0 aromatic heterocycles. The third kappa shape index (κ3) is 5.94. The highest BCUT2D eigenvalue weighted by atomic mass is 16.7. The van der Waals surface area contributed by atoms with E-state index in [9.17, 15) is 35.1 Å². The fourth-order valence-electron chi connectivity index (χ4n) is 3.04. The molecule has 1 aliphatic heterocycles. The highest BCUT2D eigenvalue weighted by Crippen LogP contribution is 2.26. The van der Waals surface area contributed by atoms with E-state index < -0.39 is 67.2 Å². The number of ether oxygens (including phenoxy) is 4. The van der Waals surface area contributed by atoms with Crippen molar-refractivity contribution < 1.29 is 54.1 Å². The Morgan fingerprint density at radius 1 is 1.09 bits per heavy atom. The topological polar surface area (TPSA) is 172 Å². The SMILES string of the molecule is COC(=O)CC(O)(C(=O)OCc1ccc(OC2OC(CO)C(O)C(O)C2O)cc1)C(C)C. The first-order chi connectivity index (χ1) is 15.0. The second-order valence-electron chi connectivity index (χ2n) is 7.87. The van der Waals surface area contributed by atoms with E-state index in [0.717, 1.165) is 7.11 Å². The smallest absolute Gasteiger partial charge is 0.339 e. The van der Waals surface area contributed by atoms with Crippen molar-refractivity contribution in [3.63, 3.8) is 0 Å². The van der Waals surface area contributed by atoms with Crippen molar-refractivity contribution in [3.05, 3.63) is 29.8 Å². The van der Waals surface area contributed by atoms with Crippen molar-refractivity contribution in [2.75, 3.05) is 13.7 Å². The highest BCUT2D eigenvalue weighted by Gasteiger charge is 2.45. The Labute approximate surface area is 185 Å². The lowest BCUT2D eigenvalue weighted by atomic mass is 9.87. The normalized spacial score (nSPS) is 27.5. The van der Waals surface area contributed by atoms with Gasteiger partial charge >= 0.3 is 11.9 Å². The molecule has 1 aromatic rings. The van der Waals surface area contributed by atoms with Crippen LogP contribution in [-0.2, 0) is 30.4 Å². The fraction of sp³-hybridized carbons (Fsp3) is 0.619. The van der Waals surface area contributed by atoms with Crippen LogP contribution in [0, 0.1) is 5.92 Å². The van der Waals surface area contributed by atoms with Gasteiger partial charge in [-0.2, -0.15) is 0 Å². The maximum atomic E-state index is 12.4. The van der Waals surface area contributed by atoms with E-state index in [1.807, 2.05) is 0 Å². The summed E-state index contributed by atoms with van der Waals surface area (Å²) in [5.74, 6) is -2.05. The van der Waals surface area contributed by atoms with Gasteiger partial charge in [0.2, 0.25) is 6.29 Å². The summed E-state index contributed by atoms with van der Waals surface area (Å²) in [6, 6.07) is 6.10. The van der Waals surface area contributed by atoms with Crippen LogP contribution >= 0.6 is 0 Å². The minimum atomic E-state index is -2.03. The summed E-state index contributed by atoms with van der Waals surface area (Å²) in [6.07, 6.45) is -7.55. The number of rotatable bonds is 9. The average molecular weight is 458 g/mol. The Bertz CT molecular complexity index is 764. The van der Waals surface area contributed by atoms with E-state index in [1.165, 1.54) is 12.1 Å². The summed E-state index contributed by atoms with van der Waals surface area (Å²) in [6.45, 7) is 2.40. The molecule has 11 heteroatoms. The van der Waals surface area contributed by atoms with Crippen LogP contribution in [0.25, 0.3) is 0 Å². The van der Waals surface area contributed by atoms with E-state index in [0.29, 0.717) is 5.56 Å². The zero-order valence-corrected chi connectivity index (χ0v) is 18.1. The molecular formula is C21H30O11. The number of hydrogen-bond donors (Lipinski definition) is 5. The predicted octanol–water partition coefficient (Wildman–Crippen LogP) is -1.14. The summed E-state index contributed by atoms with van der Waals surface area (Å²) in [4.78, 5) is 23.9. The number of aliphatic hydroxyl groups is 5. The van der Waals surface area contributed by atoms with E-state index >= 15 is 0 Å². The minimum absolute atomic E-state index is 0.185. The Morgan fingerprint density at radius 3 is 2.25 bits per heavy atom. The molecule has 0 bridgehead atoms. The van der Waals surface area contributed by atoms with Crippen molar-refractivity contribution in [2.45, 2.75) is 63.2 Å². The van der Waals surface area contributed by atoms with Crippen molar-refractivity contribution in [1.82, 2.24) is 0 Å². The van der Waals surface area contributed by atoms with Crippen LogP contribution in [0.1, 0.15) is 25.8 Å². The van der Waals surface area contributed by atoms with Crippen LogP contribution in [0.5, 0.6) is 5.75 Å². The molecule has 0 amide bonds.